The maximum atomic E-state index is 12.2. The van der Waals surface area contributed by atoms with E-state index in [4.69, 9.17) is 9.47 Å². The molecule has 0 aliphatic carbocycles. The second kappa shape index (κ2) is 10.1. The molecule has 10 heteroatoms. The summed E-state index contributed by atoms with van der Waals surface area (Å²) in [5.41, 5.74) is 0.633. The predicted octanol–water partition coefficient (Wildman–Crippen LogP) is 2.41. The number of carbonyl (C=O) groups is 4. The van der Waals surface area contributed by atoms with Gasteiger partial charge in [0.1, 0.15) is 11.6 Å². The molecule has 0 bridgehead atoms. The Labute approximate surface area is 173 Å². The third-order valence-electron chi connectivity index (χ3n) is 3.54. The van der Waals surface area contributed by atoms with Gasteiger partial charge in [0, 0.05) is 13.8 Å². The molecule has 30 heavy (non-hydrogen) atoms. The standard InChI is InChI=1S/C20H22N4O6/c1-5-29-19(27)13-7-15(23-17(9-13)21-11(3)25)16-8-14(20(28)30-6-2)10-18(24-16)22-12(4)26/h7-10H,5-6H2,1-4H3,(H,21,23,25)(H,22,24,26). The molecule has 2 aromatic rings. The number of pyridine rings is 2. The summed E-state index contributed by atoms with van der Waals surface area (Å²) >= 11 is 0. The molecule has 2 amide bonds. The number of ether oxygens (including phenoxy) is 2. The van der Waals surface area contributed by atoms with E-state index in [1.165, 1.54) is 38.1 Å². The first kappa shape index (κ1) is 22.5. The number of hydrogen-bond acceptors (Lipinski definition) is 8. The zero-order valence-corrected chi connectivity index (χ0v) is 17.1. The molecule has 0 saturated heterocycles. The van der Waals surface area contributed by atoms with Crippen molar-refractivity contribution in [3.05, 3.63) is 35.4 Å². The summed E-state index contributed by atoms with van der Waals surface area (Å²) in [7, 11) is 0. The molecule has 10 nitrogen and oxygen atoms in total. The highest BCUT2D eigenvalue weighted by Gasteiger charge is 2.17. The summed E-state index contributed by atoms with van der Waals surface area (Å²) in [5.74, 6) is -1.80. The summed E-state index contributed by atoms with van der Waals surface area (Å²) in [6.07, 6.45) is 0. The van der Waals surface area contributed by atoms with Crippen LogP contribution in [-0.2, 0) is 19.1 Å². The van der Waals surface area contributed by atoms with Gasteiger partial charge < -0.3 is 20.1 Å². The van der Waals surface area contributed by atoms with Crippen LogP contribution in [0.5, 0.6) is 0 Å². The van der Waals surface area contributed by atoms with Crippen LogP contribution < -0.4 is 10.6 Å². The van der Waals surface area contributed by atoms with Gasteiger partial charge in [-0.05, 0) is 38.1 Å². The van der Waals surface area contributed by atoms with Gasteiger partial charge in [-0.15, -0.1) is 0 Å². The van der Waals surface area contributed by atoms with E-state index in [0.717, 1.165) is 0 Å². The van der Waals surface area contributed by atoms with Crippen molar-refractivity contribution in [3.63, 3.8) is 0 Å². The normalized spacial score (nSPS) is 10.1. The number of nitrogens with one attached hydrogen (secondary N) is 2. The van der Waals surface area contributed by atoms with E-state index in [-0.39, 0.29) is 59.2 Å². The Hall–Kier alpha value is -3.82. The molecule has 0 aliphatic rings. The highest BCUT2D eigenvalue weighted by molar-refractivity contribution is 5.96. The van der Waals surface area contributed by atoms with Gasteiger partial charge in [0.05, 0.1) is 35.7 Å². The van der Waals surface area contributed by atoms with Gasteiger partial charge in [-0.2, -0.15) is 0 Å². The number of rotatable bonds is 7. The van der Waals surface area contributed by atoms with Crippen LogP contribution >= 0.6 is 0 Å². The van der Waals surface area contributed by atoms with Crippen LogP contribution in [0.15, 0.2) is 24.3 Å². The van der Waals surface area contributed by atoms with Crippen molar-refractivity contribution in [2.75, 3.05) is 23.8 Å². The van der Waals surface area contributed by atoms with Gasteiger partial charge in [-0.1, -0.05) is 0 Å². The van der Waals surface area contributed by atoms with Gasteiger partial charge in [-0.3, -0.25) is 9.59 Å². The van der Waals surface area contributed by atoms with Gasteiger partial charge in [0.2, 0.25) is 11.8 Å². The maximum Gasteiger partial charge on any atom is 0.338 e. The number of esters is 2. The molecule has 2 rings (SSSR count). The molecular weight excluding hydrogens is 392 g/mol. The van der Waals surface area contributed by atoms with E-state index in [0.29, 0.717) is 0 Å². The van der Waals surface area contributed by atoms with Crippen LogP contribution in [0, 0.1) is 0 Å². The minimum Gasteiger partial charge on any atom is -0.462 e. The van der Waals surface area contributed by atoms with Crippen molar-refractivity contribution in [2.24, 2.45) is 0 Å². The second-order valence-corrected chi connectivity index (χ2v) is 6.06. The largest absolute Gasteiger partial charge is 0.462 e. The van der Waals surface area contributed by atoms with Crippen LogP contribution in [0.3, 0.4) is 0 Å². The lowest BCUT2D eigenvalue weighted by molar-refractivity contribution is -0.115. The Morgan fingerprint density at radius 1 is 0.733 bits per heavy atom. The highest BCUT2D eigenvalue weighted by Crippen LogP contribution is 2.24. The number of amides is 2. The Balaban J connectivity index is 2.63. The molecule has 0 aliphatic heterocycles. The van der Waals surface area contributed by atoms with Crippen LogP contribution in [0.25, 0.3) is 11.4 Å². The molecular formula is C20H22N4O6. The number of anilines is 2. The summed E-state index contributed by atoms with van der Waals surface area (Å²) in [4.78, 5) is 56.0. The molecule has 0 radical (unpaired) electrons. The molecule has 2 heterocycles. The molecule has 0 spiro atoms. The Bertz CT molecular complexity index is 910. The molecule has 158 valence electrons. The topological polar surface area (TPSA) is 137 Å². The minimum atomic E-state index is -0.614. The third kappa shape index (κ3) is 6.09. The predicted molar refractivity (Wildman–Crippen MR) is 108 cm³/mol. The van der Waals surface area contributed by atoms with Crippen molar-refractivity contribution >= 4 is 35.4 Å². The molecule has 0 fully saturated rings. The number of nitrogens with zero attached hydrogens (tertiary/aromatic N) is 2. The van der Waals surface area contributed by atoms with Crippen molar-refractivity contribution in [1.82, 2.24) is 9.97 Å². The first-order chi connectivity index (χ1) is 14.2. The van der Waals surface area contributed by atoms with E-state index in [1.54, 1.807) is 13.8 Å². The van der Waals surface area contributed by atoms with E-state index < -0.39 is 11.9 Å². The second-order valence-electron chi connectivity index (χ2n) is 6.06. The Morgan fingerprint density at radius 3 is 1.40 bits per heavy atom. The van der Waals surface area contributed by atoms with Crippen LogP contribution in [0.1, 0.15) is 48.4 Å². The van der Waals surface area contributed by atoms with E-state index in [9.17, 15) is 19.2 Å². The lowest BCUT2D eigenvalue weighted by Crippen LogP contribution is -2.13. The number of hydrogen-bond donors (Lipinski definition) is 2. The van der Waals surface area contributed by atoms with E-state index in [2.05, 4.69) is 20.6 Å². The monoisotopic (exact) mass is 414 g/mol. The molecule has 0 atom stereocenters. The first-order valence-corrected chi connectivity index (χ1v) is 9.17. The van der Waals surface area contributed by atoms with Crippen LogP contribution in [0.4, 0.5) is 11.6 Å². The van der Waals surface area contributed by atoms with Gasteiger partial charge in [-0.25, -0.2) is 19.6 Å². The highest BCUT2D eigenvalue weighted by atomic mass is 16.5. The zero-order valence-electron chi connectivity index (χ0n) is 17.1. The molecule has 2 N–H and O–H groups in total. The van der Waals surface area contributed by atoms with Gasteiger partial charge in [0.25, 0.3) is 0 Å². The quantitative estimate of drug-likeness (QED) is 0.659. The van der Waals surface area contributed by atoms with Crippen LogP contribution in [-0.4, -0.2) is 46.9 Å². The van der Waals surface area contributed by atoms with E-state index >= 15 is 0 Å². The fourth-order valence-corrected chi connectivity index (χ4v) is 2.48. The zero-order chi connectivity index (χ0) is 22.3. The lowest BCUT2D eigenvalue weighted by Gasteiger charge is -2.11. The SMILES string of the molecule is CCOC(=O)c1cc(NC(C)=O)nc(-c2cc(C(=O)OCC)cc(NC(C)=O)n2)c1. The lowest BCUT2D eigenvalue weighted by atomic mass is 10.1. The fourth-order valence-electron chi connectivity index (χ4n) is 2.48. The van der Waals surface area contributed by atoms with Gasteiger partial charge >= 0.3 is 11.9 Å². The summed E-state index contributed by atoms with van der Waals surface area (Å²) in [6, 6.07) is 5.57. The minimum absolute atomic E-state index is 0.104. The van der Waals surface area contributed by atoms with Crippen molar-refractivity contribution in [2.45, 2.75) is 27.7 Å². The third-order valence-corrected chi connectivity index (χ3v) is 3.54. The molecule has 2 aromatic heterocycles. The van der Waals surface area contributed by atoms with Gasteiger partial charge in [0.15, 0.2) is 0 Å². The van der Waals surface area contributed by atoms with E-state index in [1.807, 2.05) is 0 Å². The van der Waals surface area contributed by atoms with Crippen LogP contribution in [0.2, 0.25) is 0 Å². The average Bonchev–Trinajstić information content (AvgIpc) is 2.66. The molecule has 0 saturated carbocycles. The fraction of sp³-hybridized carbons (Fsp3) is 0.300. The Morgan fingerprint density at radius 2 is 1.10 bits per heavy atom. The molecule has 0 aromatic carbocycles. The smallest absolute Gasteiger partial charge is 0.338 e. The summed E-state index contributed by atoms with van der Waals surface area (Å²) in [5, 5.41) is 5.02. The number of aromatic nitrogens is 2. The summed E-state index contributed by atoms with van der Waals surface area (Å²) in [6.45, 7) is 6.25. The molecule has 0 unspecified atom stereocenters. The number of carbonyl (C=O) groups excluding carboxylic acids is 4. The maximum absolute atomic E-state index is 12.2. The van der Waals surface area contributed by atoms with Crippen molar-refractivity contribution in [1.29, 1.82) is 0 Å². The Kier molecular flexibility index (Phi) is 7.56. The van der Waals surface area contributed by atoms with Crippen molar-refractivity contribution in [3.8, 4) is 11.4 Å². The first-order valence-electron chi connectivity index (χ1n) is 9.17. The van der Waals surface area contributed by atoms with Crippen molar-refractivity contribution < 1.29 is 28.7 Å². The average molecular weight is 414 g/mol. The summed E-state index contributed by atoms with van der Waals surface area (Å²) < 4.78 is 10.0.